The average molecular weight is 260 g/mol. The van der Waals surface area contributed by atoms with Crippen molar-refractivity contribution in [3.63, 3.8) is 0 Å². The van der Waals surface area contributed by atoms with E-state index in [9.17, 15) is 9.18 Å². The number of carbonyl (C=O) groups excluding carboxylic acids is 1. The second-order valence-corrected chi connectivity index (χ2v) is 4.38. The van der Waals surface area contributed by atoms with Gasteiger partial charge >= 0.3 is 0 Å². The van der Waals surface area contributed by atoms with Gasteiger partial charge in [0.15, 0.2) is 0 Å². The lowest BCUT2D eigenvalue weighted by molar-refractivity contribution is -0.122. The number of rotatable bonds is 2. The van der Waals surface area contributed by atoms with Crippen LogP contribution in [-0.2, 0) is 10.2 Å². The van der Waals surface area contributed by atoms with Crippen molar-refractivity contribution in [1.29, 1.82) is 0 Å². The normalized spacial score (nSPS) is 11.4. The molecular weight excluding hydrogens is 249 g/mol. The summed E-state index contributed by atoms with van der Waals surface area (Å²) in [6, 6.07) is 4.56. The largest absolute Gasteiger partial charge is 0.369 e. The highest BCUT2D eigenvalue weighted by Gasteiger charge is 2.30. The van der Waals surface area contributed by atoms with Gasteiger partial charge in [-0.2, -0.15) is 0 Å². The number of primary amides is 1. The molecule has 1 aromatic carbocycles. The maximum absolute atomic E-state index is 13.2. The van der Waals surface area contributed by atoms with E-state index in [0.717, 1.165) is 0 Å². The Morgan fingerprint density at radius 1 is 1.50 bits per heavy atom. The molecule has 0 fully saturated rings. The molecule has 14 heavy (non-hydrogen) atoms. The van der Waals surface area contributed by atoms with Crippen LogP contribution in [0, 0.1) is 5.82 Å². The maximum atomic E-state index is 13.2. The van der Waals surface area contributed by atoms with Crippen LogP contribution in [0.2, 0.25) is 0 Å². The van der Waals surface area contributed by atoms with Crippen molar-refractivity contribution in [3.05, 3.63) is 34.1 Å². The van der Waals surface area contributed by atoms with Gasteiger partial charge in [0.25, 0.3) is 0 Å². The SMILES string of the molecule is CC(C)(C(N)=O)c1cccc(F)c1Br. The molecule has 1 amide bonds. The molecule has 0 aliphatic heterocycles. The van der Waals surface area contributed by atoms with Crippen LogP contribution in [0.4, 0.5) is 4.39 Å². The minimum Gasteiger partial charge on any atom is -0.369 e. The summed E-state index contributed by atoms with van der Waals surface area (Å²) in [6.07, 6.45) is 0. The molecule has 1 rings (SSSR count). The molecular formula is C10H11BrFNO. The van der Waals surface area contributed by atoms with E-state index >= 15 is 0 Å². The first-order valence-corrected chi connectivity index (χ1v) is 4.91. The Balaban J connectivity index is 3.33. The highest BCUT2D eigenvalue weighted by Crippen LogP contribution is 2.31. The first-order chi connectivity index (χ1) is 6.37. The zero-order valence-corrected chi connectivity index (χ0v) is 9.56. The van der Waals surface area contributed by atoms with E-state index in [0.29, 0.717) is 10.0 Å². The van der Waals surface area contributed by atoms with Crippen LogP contribution in [0.15, 0.2) is 22.7 Å². The number of benzene rings is 1. The topological polar surface area (TPSA) is 43.1 Å². The van der Waals surface area contributed by atoms with E-state index < -0.39 is 17.1 Å². The third-order valence-corrected chi connectivity index (χ3v) is 3.05. The summed E-state index contributed by atoms with van der Waals surface area (Å²) in [6.45, 7) is 3.32. The highest BCUT2D eigenvalue weighted by atomic mass is 79.9. The number of hydrogen-bond donors (Lipinski definition) is 1. The summed E-state index contributed by atoms with van der Waals surface area (Å²) in [5, 5.41) is 0. The predicted molar refractivity (Wildman–Crippen MR) is 56.3 cm³/mol. The molecule has 0 unspecified atom stereocenters. The molecule has 0 radical (unpaired) electrons. The third kappa shape index (κ3) is 1.80. The average Bonchev–Trinajstić information content (AvgIpc) is 2.09. The van der Waals surface area contributed by atoms with Gasteiger partial charge in [-0.25, -0.2) is 4.39 Å². The van der Waals surface area contributed by atoms with Gasteiger partial charge in [-0.05, 0) is 41.4 Å². The lowest BCUT2D eigenvalue weighted by atomic mass is 9.84. The Hall–Kier alpha value is -0.900. The molecule has 0 bridgehead atoms. The summed E-state index contributed by atoms with van der Waals surface area (Å²) in [5.74, 6) is -0.874. The monoisotopic (exact) mass is 259 g/mol. The van der Waals surface area contributed by atoms with Crippen molar-refractivity contribution in [2.75, 3.05) is 0 Å². The van der Waals surface area contributed by atoms with Gasteiger partial charge in [0.2, 0.25) is 5.91 Å². The van der Waals surface area contributed by atoms with Crippen LogP contribution >= 0.6 is 15.9 Å². The van der Waals surface area contributed by atoms with Gasteiger partial charge in [-0.15, -0.1) is 0 Å². The van der Waals surface area contributed by atoms with Crippen molar-refractivity contribution < 1.29 is 9.18 Å². The Kier molecular flexibility index (Phi) is 2.95. The maximum Gasteiger partial charge on any atom is 0.227 e. The summed E-state index contributed by atoms with van der Waals surface area (Å²) >= 11 is 3.10. The Labute approximate surface area is 90.4 Å². The fourth-order valence-corrected chi connectivity index (χ4v) is 1.88. The van der Waals surface area contributed by atoms with Gasteiger partial charge < -0.3 is 5.73 Å². The van der Waals surface area contributed by atoms with Crippen LogP contribution in [-0.4, -0.2) is 5.91 Å². The molecule has 0 aromatic heterocycles. The number of hydrogen-bond acceptors (Lipinski definition) is 1. The smallest absolute Gasteiger partial charge is 0.227 e. The fraction of sp³-hybridized carbons (Fsp3) is 0.300. The Bertz CT molecular complexity index is 376. The number of halogens is 2. The van der Waals surface area contributed by atoms with E-state index in [1.807, 2.05) is 0 Å². The van der Waals surface area contributed by atoms with Gasteiger partial charge in [-0.1, -0.05) is 12.1 Å². The Morgan fingerprint density at radius 3 is 2.57 bits per heavy atom. The van der Waals surface area contributed by atoms with Gasteiger partial charge in [0.05, 0.1) is 9.89 Å². The molecule has 2 nitrogen and oxygen atoms in total. The molecule has 0 heterocycles. The minimum atomic E-state index is -0.874. The van der Waals surface area contributed by atoms with E-state index in [2.05, 4.69) is 15.9 Å². The minimum absolute atomic E-state index is 0.295. The fourth-order valence-electron chi connectivity index (χ4n) is 1.12. The first kappa shape index (κ1) is 11.2. The van der Waals surface area contributed by atoms with Crippen LogP contribution in [0.5, 0.6) is 0 Å². The van der Waals surface area contributed by atoms with E-state index in [1.54, 1.807) is 26.0 Å². The molecule has 0 saturated heterocycles. The molecule has 0 atom stereocenters. The van der Waals surface area contributed by atoms with Crippen molar-refractivity contribution in [3.8, 4) is 0 Å². The second-order valence-electron chi connectivity index (χ2n) is 3.59. The third-order valence-electron chi connectivity index (χ3n) is 2.24. The lowest BCUT2D eigenvalue weighted by Gasteiger charge is -2.22. The molecule has 0 spiro atoms. The van der Waals surface area contributed by atoms with Gasteiger partial charge in [-0.3, -0.25) is 4.79 Å². The molecule has 76 valence electrons. The number of amides is 1. The predicted octanol–water partition coefficient (Wildman–Crippen LogP) is 2.35. The quantitative estimate of drug-likeness (QED) is 0.871. The first-order valence-electron chi connectivity index (χ1n) is 4.11. The number of nitrogens with two attached hydrogens (primary N) is 1. The van der Waals surface area contributed by atoms with Gasteiger partial charge in [0, 0.05) is 0 Å². The number of carbonyl (C=O) groups is 1. The van der Waals surface area contributed by atoms with Crippen molar-refractivity contribution in [1.82, 2.24) is 0 Å². The van der Waals surface area contributed by atoms with E-state index in [4.69, 9.17) is 5.73 Å². The summed E-state index contributed by atoms with van der Waals surface area (Å²) < 4.78 is 13.5. The molecule has 4 heteroatoms. The highest BCUT2D eigenvalue weighted by molar-refractivity contribution is 9.10. The van der Waals surface area contributed by atoms with Crippen LogP contribution in [0.1, 0.15) is 19.4 Å². The van der Waals surface area contributed by atoms with E-state index in [-0.39, 0.29) is 0 Å². The summed E-state index contributed by atoms with van der Waals surface area (Å²) in [5.41, 5.74) is 4.93. The van der Waals surface area contributed by atoms with Crippen molar-refractivity contribution in [2.45, 2.75) is 19.3 Å². The standard InChI is InChI=1S/C10H11BrFNO/c1-10(2,9(13)14)6-4-3-5-7(12)8(6)11/h3-5H,1-2H3,(H2,13,14). The lowest BCUT2D eigenvalue weighted by Crippen LogP contribution is -2.35. The van der Waals surface area contributed by atoms with E-state index in [1.165, 1.54) is 6.07 Å². The molecule has 0 saturated carbocycles. The molecule has 2 N–H and O–H groups in total. The second kappa shape index (κ2) is 3.69. The zero-order chi connectivity index (χ0) is 10.9. The van der Waals surface area contributed by atoms with Gasteiger partial charge in [0.1, 0.15) is 5.82 Å². The van der Waals surface area contributed by atoms with Crippen molar-refractivity contribution in [2.24, 2.45) is 5.73 Å². The van der Waals surface area contributed by atoms with Crippen LogP contribution < -0.4 is 5.73 Å². The molecule has 0 aliphatic rings. The van der Waals surface area contributed by atoms with Crippen LogP contribution in [0.25, 0.3) is 0 Å². The Morgan fingerprint density at radius 2 is 2.07 bits per heavy atom. The van der Waals surface area contributed by atoms with Crippen LogP contribution in [0.3, 0.4) is 0 Å². The summed E-state index contributed by atoms with van der Waals surface area (Å²) in [4.78, 5) is 11.2. The van der Waals surface area contributed by atoms with Crippen molar-refractivity contribution >= 4 is 21.8 Å². The summed E-state index contributed by atoms with van der Waals surface area (Å²) in [7, 11) is 0. The molecule has 1 aromatic rings. The zero-order valence-electron chi connectivity index (χ0n) is 7.97. The molecule has 0 aliphatic carbocycles.